The lowest BCUT2D eigenvalue weighted by Gasteiger charge is -2.31. The van der Waals surface area contributed by atoms with E-state index in [1.54, 1.807) is 0 Å². The largest absolute Gasteiger partial charge is 0.310 e. The average Bonchev–Trinajstić information content (AvgIpc) is 3.10. The minimum atomic E-state index is -1.78. The zero-order valence-electron chi connectivity index (χ0n) is 26.5. The Morgan fingerprint density at radius 2 is 0.761 bits per heavy atom. The molecule has 0 aromatic heterocycles. The Bertz CT molecular complexity index is 2200. The third-order valence-electron chi connectivity index (χ3n) is 9.08. The SMILES string of the molecule is C[Si](C)(C)c1cc(N(c2ccccc2)c2ccccc2)c2ccc3ccc(N(c4ccccc4)c4ccccc4)c4ccc1c2c34. The van der Waals surface area contributed by atoms with Gasteiger partial charge in [-0.2, -0.15) is 0 Å². The van der Waals surface area contributed by atoms with E-state index < -0.39 is 8.07 Å². The molecule has 8 aromatic rings. The predicted octanol–water partition coefficient (Wildman–Crippen LogP) is 12.1. The molecule has 8 rings (SSSR count). The van der Waals surface area contributed by atoms with Gasteiger partial charge in [0.05, 0.1) is 19.4 Å². The predicted molar refractivity (Wildman–Crippen MR) is 202 cm³/mol. The van der Waals surface area contributed by atoms with Crippen LogP contribution in [0.3, 0.4) is 0 Å². The lowest BCUT2D eigenvalue weighted by atomic mass is 9.91. The van der Waals surface area contributed by atoms with Crippen LogP contribution in [-0.4, -0.2) is 8.07 Å². The van der Waals surface area contributed by atoms with Gasteiger partial charge in [-0.05, 0) is 82.2 Å². The number of rotatable bonds is 7. The van der Waals surface area contributed by atoms with Crippen molar-refractivity contribution in [3.63, 3.8) is 0 Å². The van der Waals surface area contributed by atoms with E-state index in [4.69, 9.17) is 0 Å². The fraction of sp³-hybridized carbons (Fsp3) is 0.0698. The van der Waals surface area contributed by atoms with Crippen molar-refractivity contribution in [1.29, 1.82) is 0 Å². The highest BCUT2D eigenvalue weighted by Crippen LogP contribution is 2.47. The fourth-order valence-electron chi connectivity index (χ4n) is 7.03. The molecule has 0 atom stereocenters. The summed E-state index contributed by atoms with van der Waals surface area (Å²) in [5.41, 5.74) is 7.01. The maximum absolute atomic E-state index is 2.50. The third kappa shape index (κ3) is 4.72. The van der Waals surface area contributed by atoms with E-state index in [2.05, 4.69) is 193 Å². The van der Waals surface area contributed by atoms with Crippen LogP contribution in [0.4, 0.5) is 34.1 Å². The molecule has 0 aliphatic rings. The van der Waals surface area contributed by atoms with Gasteiger partial charge >= 0.3 is 0 Å². The maximum atomic E-state index is 2.50. The van der Waals surface area contributed by atoms with Gasteiger partial charge in [-0.15, -0.1) is 0 Å². The summed E-state index contributed by atoms with van der Waals surface area (Å²) < 4.78 is 0. The Morgan fingerprint density at radius 1 is 0.370 bits per heavy atom. The molecule has 0 heterocycles. The van der Waals surface area contributed by atoms with E-state index in [1.165, 1.54) is 48.9 Å². The molecule has 0 unspecified atom stereocenters. The van der Waals surface area contributed by atoms with Crippen LogP contribution >= 0.6 is 0 Å². The van der Waals surface area contributed by atoms with Gasteiger partial charge in [0.25, 0.3) is 0 Å². The lowest BCUT2D eigenvalue weighted by molar-refractivity contribution is 1.30. The maximum Gasteiger partial charge on any atom is 0.0785 e. The number of hydrogen-bond acceptors (Lipinski definition) is 2. The molecular formula is C43H36N2Si. The number of nitrogens with zero attached hydrogens (tertiary/aromatic N) is 2. The zero-order valence-corrected chi connectivity index (χ0v) is 27.5. The highest BCUT2D eigenvalue weighted by atomic mass is 28.3. The van der Waals surface area contributed by atoms with Crippen molar-refractivity contribution >= 4 is 79.7 Å². The van der Waals surface area contributed by atoms with Gasteiger partial charge in [-0.1, -0.05) is 128 Å². The summed E-state index contributed by atoms with van der Waals surface area (Å²) in [6, 6.07) is 59.6. The molecule has 0 radical (unpaired) electrons. The molecule has 0 fully saturated rings. The quantitative estimate of drug-likeness (QED) is 0.131. The summed E-state index contributed by atoms with van der Waals surface area (Å²) in [7, 11) is -1.78. The van der Waals surface area contributed by atoms with E-state index in [1.807, 2.05) is 0 Å². The summed E-state index contributed by atoms with van der Waals surface area (Å²) in [6.45, 7) is 7.41. The first-order valence-electron chi connectivity index (χ1n) is 16.0. The van der Waals surface area contributed by atoms with Crippen LogP contribution in [0.5, 0.6) is 0 Å². The van der Waals surface area contributed by atoms with Crippen molar-refractivity contribution in [2.75, 3.05) is 9.80 Å². The van der Waals surface area contributed by atoms with E-state index in [9.17, 15) is 0 Å². The van der Waals surface area contributed by atoms with E-state index in [0.717, 1.165) is 22.7 Å². The van der Waals surface area contributed by atoms with Gasteiger partial charge in [-0.25, -0.2) is 0 Å². The van der Waals surface area contributed by atoms with Crippen LogP contribution in [0.25, 0.3) is 32.3 Å². The smallest absolute Gasteiger partial charge is 0.0785 e. The molecule has 0 saturated carbocycles. The summed E-state index contributed by atoms with van der Waals surface area (Å²) >= 11 is 0. The van der Waals surface area contributed by atoms with Crippen LogP contribution in [0.15, 0.2) is 164 Å². The first-order valence-corrected chi connectivity index (χ1v) is 19.5. The number of para-hydroxylation sites is 4. The standard InChI is InChI=1S/C43H36N2Si/c1-46(2,3)41-30-40(45(34-20-12-6-13-21-34)35-22-14-7-15-23-35)37-26-24-31-25-29-39(36-27-28-38(41)43(37)42(31)36)44(32-16-8-4-9-17-32)33-18-10-5-11-19-33/h4-30H,1-3H3. The monoisotopic (exact) mass is 608 g/mol. The Hall–Kier alpha value is -5.38. The van der Waals surface area contributed by atoms with Gasteiger partial charge in [-0.3, -0.25) is 0 Å². The molecular weight excluding hydrogens is 573 g/mol. The van der Waals surface area contributed by atoms with Crippen molar-refractivity contribution in [3.05, 3.63) is 164 Å². The molecule has 0 spiro atoms. The van der Waals surface area contributed by atoms with E-state index >= 15 is 0 Å². The van der Waals surface area contributed by atoms with E-state index in [0.29, 0.717) is 0 Å². The van der Waals surface area contributed by atoms with Gasteiger partial charge in [0.2, 0.25) is 0 Å². The van der Waals surface area contributed by atoms with Crippen molar-refractivity contribution in [3.8, 4) is 0 Å². The molecule has 0 aliphatic carbocycles. The Kier molecular flexibility index (Phi) is 6.85. The molecule has 8 aromatic carbocycles. The fourth-order valence-corrected chi connectivity index (χ4v) is 8.61. The van der Waals surface area contributed by atoms with Crippen LogP contribution in [0, 0.1) is 0 Å². The number of hydrogen-bond donors (Lipinski definition) is 0. The molecule has 3 heteroatoms. The average molecular weight is 609 g/mol. The lowest BCUT2D eigenvalue weighted by Crippen LogP contribution is -2.38. The summed E-state index contributed by atoms with van der Waals surface area (Å²) in [5, 5.41) is 9.33. The number of anilines is 6. The van der Waals surface area contributed by atoms with Gasteiger partial charge in [0.1, 0.15) is 0 Å². The molecule has 0 amide bonds. The van der Waals surface area contributed by atoms with Crippen molar-refractivity contribution in [2.45, 2.75) is 19.6 Å². The molecule has 0 aliphatic heterocycles. The second-order valence-electron chi connectivity index (χ2n) is 13.0. The van der Waals surface area contributed by atoms with Gasteiger partial charge in [0.15, 0.2) is 0 Å². The van der Waals surface area contributed by atoms with Crippen molar-refractivity contribution in [1.82, 2.24) is 0 Å². The summed E-state index contributed by atoms with van der Waals surface area (Å²) in [4.78, 5) is 4.84. The zero-order chi connectivity index (χ0) is 31.3. The van der Waals surface area contributed by atoms with Crippen LogP contribution in [0.2, 0.25) is 19.6 Å². The van der Waals surface area contributed by atoms with Crippen LogP contribution < -0.4 is 15.0 Å². The Balaban J connectivity index is 1.49. The first-order chi connectivity index (χ1) is 22.5. The highest BCUT2D eigenvalue weighted by Gasteiger charge is 2.27. The molecule has 2 nitrogen and oxygen atoms in total. The molecule has 0 saturated heterocycles. The van der Waals surface area contributed by atoms with Crippen LogP contribution in [0.1, 0.15) is 0 Å². The molecule has 0 N–H and O–H groups in total. The highest BCUT2D eigenvalue weighted by molar-refractivity contribution is 6.90. The number of benzene rings is 8. The Labute approximate surface area is 272 Å². The minimum Gasteiger partial charge on any atom is -0.310 e. The third-order valence-corrected chi connectivity index (χ3v) is 11.1. The normalized spacial score (nSPS) is 11.8. The molecule has 46 heavy (non-hydrogen) atoms. The topological polar surface area (TPSA) is 6.48 Å². The van der Waals surface area contributed by atoms with Crippen molar-refractivity contribution in [2.24, 2.45) is 0 Å². The Morgan fingerprint density at radius 3 is 1.24 bits per heavy atom. The second-order valence-corrected chi connectivity index (χ2v) is 18.1. The molecule has 222 valence electrons. The van der Waals surface area contributed by atoms with Crippen LogP contribution in [-0.2, 0) is 0 Å². The minimum absolute atomic E-state index is 1.14. The van der Waals surface area contributed by atoms with E-state index in [-0.39, 0.29) is 0 Å². The second kappa shape index (κ2) is 11.2. The van der Waals surface area contributed by atoms with Crippen molar-refractivity contribution < 1.29 is 0 Å². The van der Waals surface area contributed by atoms with Gasteiger partial charge in [0, 0.05) is 33.5 Å². The molecule has 0 bridgehead atoms. The summed E-state index contributed by atoms with van der Waals surface area (Å²) in [5.74, 6) is 0. The summed E-state index contributed by atoms with van der Waals surface area (Å²) in [6.07, 6.45) is 0. The first kappa shape index (κ1) is 28.1. The van der Waals surface area contributed by atoms with Gasteiger partial charge < -0.3 is 9.80 Å².